The van der Waals surface area contributed by atoms with Gasteiger partial charge in [-0.1, -0.05) is 67.9 Å². The summed E-state index contributed by atoms with van der Waals surface area (Å²) in [5.41, 5.74) is 0.908. The molecule has 0 saturated carbocycles. The molecule has 5 rings (SSSR count). The highest BCUT2D eigenvalue weighted by Gasteiger charge is 2.33. The molecule has 0 amide bonds. The number of hydrogen-bond acceptors (Lipinski definition) is 4. The van der Waals surface area contributed by atoms with Crippen molar-refractivity contribution in [3.05, 3.63) is 112 Å². The van der Waals surface area contributed by atoms with E-state index >= 15 is 0 Å². The van der Waals surface area contributed by atoms with Crippen LogP contribution in [-0.2, 0) is 10.0 Å². The van der Waals surface area contributed by atoms with E-state index < -0.39 is 16.1 Å². The van der Waals surface area contributed by atoms with Crippen LogP contribution in [0.4, 0.5) is 0 Å². The van der Waals surface area contributed by atoms with Crippen LogP contribution in [0.1, 0.15) is 39.1 Å². The Labute approximate surface area is 233 Å². The van der Waals surface area contributed by atoms with Crippen molar-refractivity contribution >= 4 is 43.3 Å². The third-order valence-electron chi connectivity index (χ3n) is 6.95. The Balaban J connectivity index is 1.73. The van der Waals surface area contributed by atoms with E-state index in [1.165, 1.54) is 16.4 Å². The standard InChI is InChI=1S/C31H30ClN3O3S/c1-21(2)18-19-34(39(37,38)27-16-13-25(32)14-17-27)22(3)30-33-29-11-7-6-10-28(29)31(36)35(30)26-15-12-23-8-4-5-9-24(23)20-26/h4-17,20-22H,18-19H2,1-3H3. The number of aromatic nitrogens is 2. The Bertz CT molecular complexity index is 1820. The number of rotatable bonds is 8. The zero-order valence-corrected chi connectivity index (χ0v) is 23.7. The summed E-state index contributed by atoms with van der Waals surface area (Å²) in [6.45, 7) is 6.17. The van der Waals surface area contributed by atoms with Crippen molar-refractivity contribution in [3.63, 3.8) is 0 Å². The molecular weight excluding hydrogens is 530 g/mol. The van der Waals surface area contributed by atoms with E-state index in [1.54, 1.807) is 41.8 Å². The first-order chi connectivity index (χ1) is 18.7. The van der Waals surface area contributed by atoms with E-state index in [1.807, 2.05) is 48.5 Å². The average molecular weight is 560 g/mol. The van der Waals surface area contributed by atoms with Crippen LogP contribution in [0.2, 0.25) is 5.02 Å². The zero-order chi connectivity index (χ0) is 27.7. The predicted molar refractivity (Wildman–Crippen MR) is 158 cm³/mol. The van der Waals surface area contributed by atoms with E-state index in [0.29, 0.717) is 33.9 Å². The third kappa shape index (κ3) is 5.35. The van der Waals surface area contributed by atoms with Gasteiger partial charge in [0.1, 0.15) is 5.82 Å². The van der Waals surface area contributed by atoms with Gasteiger partial charge in [0.15, 0.2) is 0 Å². The SMILES string of the molecule is CC(C)CCN(C(C)c1nc2ccccc2c(=O)n1-c1ccc2ccccc2c1)S(=O)(=O)c1ccc(Cl)cc1. The molecule has 0 radical (unpaired) electrons. The normalized spacial score (nSPS) is 13.0. The van der Waals surface area contributed by atoms with Gasteiger partial charge in [-0.05, 0) is 78.6 Å². The summed E-state index contributed by atoms with van der Waals surface area (Å²) in [4.78, 5) is 19.0. The van der Waals surface area contributed by atoms with E-state index in [4.69, 9.17) is 16.6 Å². The molecule has 0 fully saturated rings. The Morgan fingerprint density at radius 3 is 2.26 bits per heavy atom. The quantitative estimate of drug-likeness (QED) is 0.205. The predicted octanol–water partition coefficient (Wildman–Crippen LogP) is 6.99. The van der Waals surface area contributed by atoms with Gasteiger partial charge in [-0.2, -0.15) is 4.31 Å². The zero-order valence-electron chi connectivity index (χ0n) is 22.1. The summed E-state index contributed by atoms with van der Waals surface area (Å²) in [5.74, 6) is 0.627. The highest BCUT2D eigenvalue weighted by molar-refractivity contribution is 7.89. The maximum Gasteiger partial charge on any atom is 0.266 e. The largest absolute Gasteiger partial charge is 0.268 e. The number of para-hydroxylation sites is 1. The summed E-state index contributed by atoms with van der Waals surface area (Å²) < 4.78 is 31.0. The molecule has 0 spiro atoms. The second kappa shape index (κ2) is 10.9. The van der Waals surface area contributed by atoms with Crippen LogP contribution in [0.5, 0.6) is 0 Å². The first-order valence-corrected chi connectivity index (χ1v) is 14.8. The summed E-state index contributed by atoms with van der Waals surface area (Å²) in [5, 5.41) is 2.94. The van der Waals surface area contributed by atoms with Gasteiger partial charge >= 0.3 is 0 Å². The van der Waals surface area contributed by atoms with Crippen LogP contribution in [0.25, 0.3) is 27.4 Å². The van der Waals surface area contributed by atoms with E-state index in [9.17, 15) is 13.2 Å². The molecular formula is C31H30ClN3O3S. The molecule has 8 heteroatoms. The molecule has 200 valence electrons. The molecule has 0 aliphatic heterocycles. The van der Waals surface area contributed by atoms with Gasteiger partial charge in [-0.3, -0.25) is 9.36 Å². The molecule has 0 N–H and O–H groups in total. The monoisotopic (exact) mass is 559 g/mol. The maximum absolute atomic E-state index is 14.0. The van der Waals surface area contributed by atoms with Crippen molar-refractivity contribution in [2.45, 2.75) is 38.1 Å². The van der Waals surface area contributed by atoms with Gasteiger partial charge in [0.2, 0.25) is 10.0 Å². The third-order valence-corrected chi connectivity index (χ3v) is 9.18. The van der Waals surface area contributed by atoms with Crippen molar-refractivity contribution in [1.29, 1.82) is 0 Å². The minimum Gasteiger partial charge on any atom is -0.268 e. The van der Waals surface area contributed by atoms with Crippen LogP contribution in [-0.4, -0.2) is 28.8 Å². The summed E-state index contributed by atoms with van der Waals surface area (Å²) >= 11 is 6.05. The lowest BCUT2D eigenvalue weighted by Crippen LogP contribution is -2.38. The lowest BCUT2D eigenvalue weighted by atomic mass is 10.1. The van der Waals surface area contributed by atoms with Crippen molar-refractivity contribution in [2.75, 3.05) is 6.54 Å². The van der Waals surface area contributed by atoms with Gasteiger partial charge < -0.3 is 0 Å². The van der Waals surface area contributed by atoms with E-state index in [0.717, 1.165) is 10.8 Å². The lowest BCUT2D eigenvalue weighted by molar-refractivity contribution is 0.308. The van der Waals surface area contributed by atoms with Crippen molar-refractivity contribution in [1.82, 2.24) is 13.9 Å². The number of hydrogen-bond donors (Lipinski definition) is 0. The Morgan fingerprint density at radius 1 is 0.872 bits per heavy atom. The number of sulfonamides is 1. The number of fused-ring (bicyclic) bond motifs is 2. The van der Waals surface area contributed by atoms with Crippen LogP contribution >= 0.6 is 11.6 Å². The highest BCUT2D eigenvalue weighted by Crippen LogP contribution is 2.30. The van der Waals surface area contributed by atoms with Crippen molar-refractivity contribution in [2.24, 2.45) is 5.92 Å². The molecule has 0 aliphatic rings. The molecule has 4 aromatic carbocycles. The van der Waals surface area contributed by atoms with Crippen molar-refractivity contribution < 1.29 is 8.42 Å². The molecule has 1 unspecified atom stereocenters. The van der Waals surface area contributed by atoms with Crippen LogP contribution in [0, 0.1) is 5.92 Å². The first-order valence-electron chi connectivity index (χ1n) is 12.9. The molecule has 5 aromatic rings. The molecule has 0 saturated heterocycles. The van der Waals surface area contributed by atoms with E-state index in [2.05, 4.69) is 13.8 Å². The summed E-state index contributed by atoms with van der Waals surface area (Å²) in [7, 11) is -3.94. The summed E-state index contributed by atoms with van der Waals surface area (Å²) in [6, 6.07) is 26.3. The molecule has 1 atom stereocenters. The van der Waals surface area contributed by atoms with Gasteiger partial charge in [0.25, 0.3) is 5.56 Å². The Hall–Kier alpha value is -3.52. The fourth-order valence-electron chi connectivity index (χ4n) is 4.77. The summed E-state index contributed by atoms with van der Waals surface area (Å²) in [6.07, 6.45) is 0.644. The topological polar surface area (TPSA) is 72.3 Å². The van der Waals surface area contributed by atoms with E-state index in [-0.39, 0.29) is 22.9 Å². The molecule has 39 heavy (non-hydrogen) atoms. The minimum atomic E-state index is -3.94. The highest BCUT2D eigenvalue weighted by atomic mass is 35.5. The van der Waals surface area contributed by atoms with Crippen LogP contribution in [0.15, 0.2) is 101 Å². The molecule has 6 nitrogen and oxygen atoms in total. The molecule has 0 bridgehead atoms. The smallest absolute Gasteiger partial charge is 0.266 e. The first kappa shape index (κ1) is 27.1. The fraction of sp³-hybridized carbons (Fsp3) is 0.226. The number of halogens is 1. The fourth-order valence-corrected chi connectivity index (χ4v) is 6.51. The average Bonchev–Trinajstić information content (AvgIpc) is 2.92. The van der Waals surface area contributed by atoms with Gasteiger partial charge in [-0.15, -0.1) is 0 Å². The molecule has 0 aliphatic carbocycles. The molecule has 1 aromatic heterocycles. The van der Waals surface area contributed by atoms with Gasteiger partial charge in [0, 0.05) is 11.6 Å². The molecule has 1 heterocycles. The maximum atomic E-state index is 14.0. The number of benzene rings is 4. The second-order valence-corrected chi connectivity index (χ2v) is 12.4. The number of nitrogens with zero attached hydrogens (tertiary/aromatic N) is 3. The Morgan fingerprint density at radius 2 is 1.54 bits per heavy atom. The van der Waals surface area contributed by atoms with Gasteiger partial charge in [-0.25, -0.2) is 13.4 Å². The minimum absolute atomic E-state index is 0.142. The second-order valence-electron chi connectivity index (χ2n) is 10.1. The Kier molecular flexibility index (Phi) is 7.58. The van der Waals surface area contributed by atoms with Crippen molar-refractivity contribution in [3.8, 4) is 5.69 Å². The van der Waals surface area contributed by atoms with Crippen LogP contribution in [0.3, 0.4) is 0 Å². The van der Waals surface area contributed by atoms with Crippen LogP contribution < -0.4 is 5.56 Å². The lowest BCUT2D eigenvalue weighted by Gasteiger charge is -2.30. The van der Waals surface area contributed by atoms with Gasteiger partial charge in [0.05, 0.1) is 27.5 Å².